The lowest BCUT2D eigenvalue weighted by atomic mass is 9.76. The van der Waals surface area contributed by atoms with E-state index in [0.717, 1.165) is 56.8 Å². The molecule has 2 saturated heterocycles. The van der Waals surface area contributed by atoms with Gasteiger partial charge in [0, 0.05) is 19.2 Å². The number of hydrogen-bond donors (Lipinski definition) is 0. The molecule has 4 heteroatoms. The van der Waals surface area contributed by atoms with Crippen LogP contribution < -0.4 is 0 Å². The molecule has 1 aromatic heterocycles. The van der Waals surface area contributed by atoms with Gasteiger partial charge in [-0.3, -0.25) is 9.88 Å². The van der Waals surface area contributed by atoms with Gasteiger partial charge in [-0.2, -0.15) is 0 Å². The quantitative estimate of drug-likeness (QED) is 0.846. The third-order valence-corrected chi connectivity index (χ3v) is 5.72. The van der Waals surface area contributed by atoms with Crippen LogP contribution in [0.4, 0.5) is 4.39 Å². The molecule has 25 heavy (non-hydrogen) atoms. The Kier molecular flexibility index (Phi) is 4.82. The van der Waals surface area contributed by atoms with Crippen LogP contribution >= 0.6 is 0 Å². The van der Waals surface area contributed by atoms with E-state index in [0.29, 0.717) is 6.42 Å². The third-order valence-electron chi connectivity index (χ3n) is 5.72. The molecule has 0 N–H and O–H groups in total. The normalized spacial score (nSPS) is 23.2. The Morgan fingerprint density at radius 3 is 2.68 bits per heavy atom. The fourth-order valence-corrected chi connectivity index (χ4v) is 4.19. The summed E-state index contributed by atoms with van der Waals surface area (Å²) < 4.78 is 19.9. The molecule has 2 aliphatic heterocycles. The maximum Gasteiger partial charge on any atom is 0.126 e. The topological polar surface area (TPSA) is 25.4 Å². The van der Waals surface area contributed by atoms with E-state index in [1.807, 2.05) is 30.5 Å². The van der Waals surface area contributed by atoms with Gasteiger partial charge in [0.25, 0.3) is 0 Å². The number of aromatic nitrogens is 1. The summed E-state index contributed by atoms with van der Waals surface area (Å²) in [5.74, 6) is -0.114. The van der Waals surface area contributed by atoms with Gasteiger partial charge in [-0.1, -0.05) is 24.3 Å². The first-order valence-corrected chi connectivity index (χ1v) is 9.20. The fraction of sp³-hybridized carbons (Fsp3) is 0.476. The molecule has 4 rings (SSSR count). The van der Waals surface area contributed by atoms with Crippen LogP contribution in [-0.4, -0.2) is 35.7 Å². The van der Waals surface area contributed by atoms with Gasteiger partial charge in [-0.15, -0.1) is 0 Å². The predicted molar refractivity (Wildman–Crippen MR) is 95.6 cm³/mol. The molecular weight excluding hydrogens is 315 g/mol. The lowest BCUT2D eigenvalue weighted by molar-refractivity contribution is 0.0626. The third kappa shape index (κ3) is 3.91. The highest BCUT2D eigenvalue weighted by molar-refractivity contribution is 5.18. The number of likely N-dealkylation sites (tertiary alicyclic amines) is 1. The molecule has 2 aromatic rings. The van der Waals surface area contributed by atoms with Gasteiger partial charge in [-0.05, 0) is 61.5 Å². The van der Waals surface area contributed by atoms with E-state index >= 15 is 0 Å². The molecule has 132 valence electrons. The van der Waals surface area contributed by atoms with Gasteiger partial charge in [0.05, 0.1) is 18.4 Å². The Hall–Kier alpha value is -1.78. The SMILES string of the molecule is Fc1ccccc1C[C@H]1CC2(CCN(Cc3ccccn3)CC2)CO1. The number of benzene rings is 1. The molecule has 3 heterocycles. The second-order valence-corrected chi connectivity index (χ2v) is 7.53. The number of halogens is 1. The highest BCUT2D eigenvalue weighted by Gasteiger charge is 2.42. The van der Waals surface area contributed by atoms with Crippen molar-refractivity contribution in [2.45, 2.75) is 38.3 Å². The summed E-state index contributed by atoms with van der Waals surface area (Å²) in [6, 6.07) is 13.2. The van der Waals surface area contributed by atoms with E-state index in [1.165, 1.54) is 6.07 Å². The van der Waals surface area contributed by atoms with E-state index < -0.39 is 0 Å². The number of pyridine rings is 1. The van der Waals surface area contributed by atoms with Crippen molar-refractivity contribution in [3.05, 3.63) is 65.7 Å². The zero-order valence-electron chi connectivity index (χ0n) is 14.5. The maximum absolute atomic E-state index is 13.9. The summed E-state index contributed by atoms with van der Waals surface area (Å²) in [6.07, 6.45) is 6.07. The van der Waals surface area contributed by atoms with Crippen LogP contribution in [0.25, 0.3) is 0 Å². The van der Waals surface area contributed by atoms with E-state index in [4.69, 9.17) is 4.74 Å². The van der Waals surface area contributed by atoms with E-state index in [1.54, 1.807) is 6.07 Å². The van der Waals surface area contributed by atoms with Crippen LogP contribution in [0.15, 0.2) is 48.7 Å². The number of piperidine rings is 1. The minimum atomic E-state index is -0.114. The molecule has 0 saturated carbocycles. The van der Waals surface area contributed by atoms with Crippen LogP contribution in [0.3, 0.4) is 0 Å². The van der Waals surface area contributed by atoms with Crippen molar-refractivity contribution in [1.82, 2.24) is 9.88 Å². The largest absolute Gasteiger partial charge is 0.377 e. The highest BCUT2D eigenvalue weighted by Crippen LogP contribution is 2.43. The molecular formula is C21H25FN2O. The highest BCUT2D eigenvalue weighted by atomic mass is 19.1. The van der Waals surface area contributed by atoms with E-state index in [9.17, 15) is 4.39 Å². The van der Waals surface area contributed by atoms with Gasteiger partial charge in [0.15, 0.2) is 0 Å². The Bertz CT molecular complexity index is 698. The fourth-order valence-electron chi connectivity index (χ4n) is 4.19. The molecule has 2 aliphatic rings. The van der Waals surface area contributed by atoms with Gasteiger partial charge in [0.1, 0.15) is 5.82 Å². The van der Waals surface area contributed by atoms with Crippen LogP contribution in [0.1, 0.15) is 30.5 Å². The van der Waals surface area contributed by atoms with Crippen LogP contribution in [0.5, 0.6) is 0 Å². The molecule has 0 aliphatic carbocycles. The van der Waals surface area contributed by atoms with Crippen molar-refractivity contribution < 1.29 is 9.13 Å². The van der Waals surface area contributed by atoms with Crippen molar-refractivity contribution in [2.75, 3.05) is 19.7 Å². The van der Waals surface area contributed by atoms with Gasteiger partial charge >= 0.3 is 0 Å². The first kappa shape index (κ1) is 16.7. The van der Waals surface area contributed by atoms with E-state index in [-0.39, 0.29) is 17.3 Å². The molecule has 0 radical (unpaired) electrons. The van der Waals surface area contributed by atoms with Crippen LogP contribution in [0.2, 0.25) is 0 Å². The molecule has 3 nitrogen and oxygen atoms in total. The predicted octanol–water partition coefficient (Wildman–Crippen LogP) is 3.83. The van der Waals surface area contributed by atoms with Crippen molar-refractivity contribution in [1.29, 1.82) is 0 Å². The smallest absolute Gasteiger partial charge is 0.126 e. The standard InChI is InChI=1S/C21H25FN2O/c22-20-7-2-1-5-17(20)13-19-14-21(16-25-19)8-11-24(12-9-21)15-18-6-3-4-10-23-18/h1-7,10,19H,8-9,11-16H2/t19-/m0/s1. The first-order valence-electron chi connectivity index (χ1n) is 9.20. The van der Waals surface area contributed by atoms with Gasteiger partial charge in [0.2, 0.25) is 0 Å². The van der Waals surface area contributed by atoms with Crippen molar-refractivity contribution in [2.24, 2.45) is 5.41 Å². The lowest BCUT2D eigenvalue weighted by Gasteiger charge is -2.38. The van der Waals surface area contributed by atoms with Crippen molar-refractivity contribution >= 4 is 0 Å². The number of nitrogens with zero attached hydrogens (tertiary/aromatic N) is 2. The Labute approximate surface area is 148 Å². The summed E-state index contributed by atoms with van der Waals surface area (Å²) in [4.78, 5) is 6.91. The lowest BCUT2D eigenvalue weighted by Crippen LogP contribution is -2.40. The molecule has 1 spiro atoms. The molecule has 0 amide bonds. The Balaban J connectivity index is 1.31. The minimum Gasteiger partial charge on any atom is -0.377 e. The van der Waals surface area contributed by atoms with E-state index in [2.05, 4.69) is 16.0 Å². The average molecular weight is 340 g/mol. The summed E-state index contributed by atoms with van der Waals surface area (Å²) in [5.41, 5.74) is 2.20. The number of hydrogen-bond acceptors (Lipinski definition) is 3. The maximum atomic E-state index is 13.9. The van der Waals surface area contributed by atoms with Crippen LogP contribution in [0, 0.1) is 11.2 Å². The number of ether oxygens (including phenoxy) is 1. The Morgan fingerprint density at radius 2 is 1.92 bits per heavy atom. The Morgan fingerprint density at radius 1 is 1.12 bits per heavy atom. The second kappa shape index (κ2) is 7.22. The minimum absolute atomic E-state index is 0.114. The first-order chi connectivity index (χ1) is 12.2. The number of rotatable bonds is 4. The van der Waals surface area contributed by atoms with Crippen molar-refractivity contribution in [3.63, 3.8) is 0 Å². The molecule has 1 atom stereocenters. The molecule has 1 aromatic carbocycles. The van der Waals surface area contributed by atoms with Gasteiger partial charge < -0.3 is 4.74 Å². The summed E-state index contributed by atoms with van der Waals surface area (Å²) in [5, 5.41) is 0. The van der Waals surface area contributed by atoms with Gasteiger partial charge in [-0.25, -0.2) is 4.39 Å². The second-order valence-electron chi connectivity index (χ2n) is 7.53. The summed E-state index contributed by atoms with van der Waals surface area (Å²) in [7, 11) is 0. The van der Waals surface area contributed by atoms with Crippen LogP contribution in [-0.2, 0) is 17.7 Å². The zero-order chi connectivity index (χ0) is 17.1. The van der Waals surface area contributed by atoms with Crippen molar-refractivity contribution in [3.8, 4) is 0 Å². The zero-order valence-corrected chi connectivity index (χ0v) is 14.5. The monoisotopic (exact) mass is 340 g/mol. The molecule has 0 bridgehead atoms. The average Bonchev–Trinajstić information content (AvgIpc) is 3.03. The summed E-state index contributed by atoms with van der Waals surface area (Å²) in [6.45, 7) is 3.93. The molecule has 2 fully saturated rings. The summed E-state index contributed by atoms with van der Waals surface area (Å²) >= 11 is 0. The molecule has 0 unspecified atom stereocenters.